The molecule has 0 aliphatic carbocycles. The lowest BCUT2D eigenvalue weighted by Gasteiger charge is -2.03. The van der Waals surface area contributed by atoms with E-state index in [9.17, 15) is 9.59 Å². The molecule has 1 amide bonds. The standard InChI is InChI=1S/C11H10N2O3/c1-12-8-3-5-9(6-4-8)13-10(14)7-11(15)16-2/h3-6H,7H2,2H3,(H,13,14). The van der Waals surface area contributed by atoms with Crippen molar-refractivity contribution in [2.45, 2.75) is 6.42 Å². The lowest BCUT2D eigenvalue weighted by molar-refractivity contribution is -0.142. The summed E-state index contributed by atoms with van der Waals surface area (Å²) in [7, 11) is 1.22. The van der Waals surface area contributed by atoms with Crippen molar-refractivity contribution in [3.8, 4) is 0 Å². The van der Waals surface area contributed by atoms with Crippen LogP contribution in [0, 0.1) is 6.57 Å². The maximum Gasteiger partial charge on any atom is 0.315 e. The molecule has 1 N–H and O–H groups in total. The van der Waals surface area contributed by atoms with Crippen molar-refractivity contribution in [3.05, 3.63) is 35.7 Å². The Balaban J connectivity index is 2.57. The largest absolute Gasteiger partial charge is 0.469 e. The lowest BCUT2D eigenvalue weighted by atomic mass is 10.3. The summed E-state index contributed by atoms with van der Waals surface area (Å²) in [6.45, 7) is 6.75. The lowest BCUT2D eigenvalue weighted by Crippen LogP contribution is -2.17. The molecule has 5 nitrogen and oxygen atoms in total. The fourth-order valence-electron chi connectivity index (χ4n) is 1.03. The van der Waals surface area contributed by atoms with E-state index >= 15 is 0 Å². The Kier molecular flexibility index (Phi) is 4.04. The first-order chi connectivity index (χ1) is 7.65. The third-order valence-corrected chi connectivity index (χ3v) is 1.81. The number of hydrogen-bond donors (Lipinski definition) is 1. The first-order valence-corrected chi connectivity index (χ1v) is 4.50. The van der Waals surface area contributed by atoms with Gasteiger partial charge in [-0.2, -0.15) is 0 Å². The molecule has 0 heterocycles. The van der Waals surface area contributed by atoms with Crippen LogP contribution in [0.2, 0.25) is 0 Å². The Bertz CT molecular complexity index is 432. The summed E-state index contributed by atoms with van der Waals surface area (Å²) in [5.74, 6) is -1.03. The Morgan fingerprint density at radius 2 is 2.00 bits per heavy atom. The molecule has 1 aromatic carbocycles. The van der Waals surface area contributed by atoms with Gasteiger partial charge in [-0.25, -0.2) is 4.85 Å². The smallest absolute Gasteiger partial charge is 0.315 e. The number of benzene rings is 1. The molecule has 0 saturated heterocycles. The second-order valence-corrected chi connectivity index (χ2v) is 2.96. The van der Waals surface area contributed by atoms with E-state index in [2.05, 4.69) is 14.9 Å². The van der Waals surface area contributed by atoms with Crippen LogP contribution in [0.4, 0.5) is 11.4 Å². The average molecular weight is 218 g/mol. The number of amides is 1. The molecule has 1 aromatic rings. The van der Waals surface area contributed by atoms with Gasteiger partial charge >= 0.3 is 5.97 Å². The Hall–Kier alpha value is -2.35. The van der Waals surface area contributed by atoms with Crippen LogP contribution in [0.3, 0.4) is 0 Å². The number of hydrogen-bond acceptors (Lipinski definition) is 3. The number of anilines is 1. The molecular formula is C11H10N2O3. The molecule has 0 unspecified atom stereocenters. The average Bonchev–Trinajstić information content (AvgIpc) is 2.29. The predicted molar refractivity (Wildman–Crippen MR) is 58.0 cm³/mol. The first-order valence-electron chi connectivity index (χ1n) is 4.50. The van der Waals surface area contributed by atoms with Crippen LogP contribution >= 0.6 is 0 Å². The molecule has 1 rings (SSSR count). The normalized spacial score (nSPS) is 9.00. The van der Waals surface area contributed by atoms with Gasteiger partial charge in [0, 0.05) is 5.69 Å². The molecule has 0 aromatic heterocycles. The van der Waals surface area contributed by atoms with Crippen LogP contribution in [-0.2, 0) is 14.3 Å². The molecule has 16 heavy (non-hydrogen) atoms. The van der Waals surface area contributed by atoms with Crippen molar-refractivity contribution < 1.29 is 14.3 Å². The minimum absolute atomic E-state index is 0.318. The summed E-state index contributed by atoms with van der Waals surface area (Å²) in [4.78, 5) is 25.3. The van der Waals surface area contributed by atoms with Crippen LogP contribution in [0.1, 0.15) is 6.42 Å². The zero-order valence-electron chi connectivity index (χ0n) is 8.69. The molecule has 0 saturated carbocycles. The third-order valence-electron chi connectivity index (χ3n) is 1.81. The summed E-state index contributed by atoms with van der Waals surface area (Å²) in [6.07, 6.45) is -0.318. The number of carbonyl (C=O) groups excluding carboxylic acids is 2. The number of nitrogens with one attached hydrogen (secondary N) is 1. The van der Waals surface area contributed by atoms with E-state index in [0.717, 1.165) is 0 Å². The van der Waals surface area contributed by atoms with E-state index in [1.165, 1.54) is 7.11 Å². The van der Waals surface area contributed by atoms with Gasteiger partial charge in [-0.15, -0.1) is 0 Å². The number of rotatable bonds is 3. The number of carbonyl (C=O) groups is 2. The number of ether oxygens (including phenoxy) is 1. The highest BCUT2D eigenvalue weighted by Crippen LogP contribution is 2.15. The minimum Gasteiger partial charge on any atom is -0.469 e. The van der Waals surface area contributed by atoms with E-state index < -0.39 is 11.9 Å². The second kappa shape index (κ2) is 5.51. The van der Waals surface area contributed by atoms with E-state index in [4.69, 9.17) is 6.57 Å². The maximum atomic E-state index is 11.3. The van der Waals surface area contributed by atoms with Gasteiger partial charge in [-0.3, -0.25) is 9.59 Å². The van der Waals surface area contributed by atoms with Gasteiger partial charge in [0.15, 0.2) is 5.69 Å². The monoisotopic (exact) mass is 218 g/mol. The Morgan fingerprint density at radius 3 is 2.50 bits per heavy atom. The van der Waals surface area contributed by atoms with Gasteiger partial charge in [0.05, 0.1) is 13.7 Å². The van der Waals surface area contributed by atoms with Crippen LogP contribution in [0.5, 0.6) is 0 Å². The van der Waals surface area contributed by atoms with Crippen LogP contribution in [-0.4, -0.2) is 19.0 Å². The molecule has 0 fully saturated rings. The highest BCUT2D eigenvalue weighted by Gasteiger charge is 2.09. The molecule has 0 bridgehead atoms. The van der Waals surface area contributed by atoms with Crippen molar-refractivity contribution in [2.75, 3.05) is 12.4 Å². The number of esters is 1. The van der Waals surface area contributed by atoms with E-state index in [0.29, 0.717) is 11.4 Å². The third kappa shape index (κ3) is 3.42. The van der Waals surface area contributed by atoms with Crippen molar-refractivity contribution >= 4 is 23.3 Å². The van der Waals surface area contributed by atoms with Crippen LogP contribution < -0.4 is 5.32 Å². The Labute approximate surface area is 92.8 Å². The molecule has 5 heteroatoms. The number of methoxy groups -OCH3 is 1. The van der Waals surface area contributed by atoms with Gasteiger partial charge in [0.25, 0.3) is 0 Å². The van der Waals surface area contributed by atoms with Crippen molar-refractivity contribution in [3.63, 3.8) is 0 Å². The molecule has 82 valence electrons. The van der Waals surface area contributed by atoms with E-state index in [1.807, 2.05) is 0 Å². The molecule has 0 atom stereocenters. The number of nitrogens with zero attached hydrogens (tertiary/aromatic N) is 1. The zero-order chi connectivity index (χ0) is 12.0. The van der Waals surface area contributed by atoms with Crippen molar-refractivity contribution in [2.24, 2.45) is 0 Å². The molecule has 0 radical (unpaired) electrons. The van der Waals surface area contributed by atoms with Crippen LogP contribution in [0.25, 0.3) is 4.85 Å². The van der Waals surface area contributed by atoms with Gasteiger partial charge in [0.1, 0.15) is 6.42 Å². The quantitative estimate of drug-likeness (QED) is 0.477. The highest BCUT2D eigenvalue weighted by molar-refractivity contribution is 6.01. The Morgan fingerprint density at radius 1 is 1.38 bits per heavy atom. The van der Waals surface area contributed by atoms with Crippen molar-refractivity contribution in [1.29, 1.82) is 0 Å². The zero-order valence-corrected chi connectivity index (χ0v) is 8.69. The van der Waals surface area contributed by atoms with E-state index in [-0.39, 0.29) is 6.42 Å². The van der Waals surface area contributed by atoms with Gasteiger partial charge in [-0.05, 0) is 12.1 Å². The first kappa shape index (κ1) is 11.7. The molecular weight excluding hydrogens is 208 g/mol. The van der Waals surface area contributed by atoms with E-state index in [1.54, 1.807) is 24.3 Å². The summed E-state index contributed by atoms with van der Waals surface area (Å²) in [5.41, 5.74) is 1.03. The van der Waals surface area contributed by atoms with Gasteiger partial charge in [0.2, 0.25) is 5.91 Å². The summed E-state index contributed by atoms with van der Waals surface area (Å²) >= 11 is 0. The molecule has 0 aliphatic heterocycles. The maximum absolute atomic E-state index is 11.3. The molecule has 0 aliphatic rings. The summed E-state index contributed by atoms with van der Waals surface area (Å²) < 4.78 is 4.36. The van der Waals surface area contributed by atoms with Crippen molar-refractivity contribution in [1.82, 2.24) is 0 Å². The molecule has 0 spiro atoms. The van der Waals surface area contributed by atoms with Gasteiger partial charge in [-0.1, -0.05) is 12.1 Å². The van der Waals surface area contributed by atoms with Gasteiger partial charge < -0.3 is 10.1 Å². The minimum atomic E-state index is -0.588. The van der Waals surface area contributed by atoms with Crippen LogP contribution in [0.15, 0.2) is 24.3 Å². The SMILES string of the molecule is [C-]#[N+]c1ccc(NC(=O)CC(=O)OC)cc1. The summed E-state index contributed by atoms with van der Waals surface area (Å²) in [6, 6.07) is 6.37. The second-order valence-electron chi connectivity index (χ2n) is 2.96. The fraction of sp³-hybridized carbons (Fsp3) is 0.182. The topological polar surface area (TPSA) is 59.8 Å². The fourth-order valence-corrected chi connectivity index (χ4v) is 1.03. The summed E-state index contributed by atoms with van der Waals surface area (Å²) in [5, 5.41) is 2.52. The highest BCUT2D eigenvalue weighted by atomic mass is 16.5. The predicted octanol–water partition coefficient (Wildman–Crippen LogP) is 1.74.